The lowest BCUT2D eigenvalue weighted by atomic mass is 10.2. The van der Waals surface area contributed by atoms with Gasteiger partial charge < -0.3 is 19.8 Å². The number of aromatic nitrogens is 3. The summed E-state index contributed by atoms with van der Waals surface area (Å²) in [5, 5.41) is 13.9. The summed E-state index contributed by atoms with van der Waals surface area (Å²) in [5.41, 5.74) is 0.923. The van der Waals surface area contributed by atoms with E-state index in [0.717, 1.165) is 5.76 Å². The van der Waals surface area contributed by atoms with Gasteiger partial charge in [0.25, 0.3) is 0 Å². The van der Waals surface area contributed by atoms with Gasteiger partial charge in [0.15, 0.2) is 5.82 Å². The van der Waals surface area contributed by atoms with Crippen LogP contribution in [-0.4, -0.2) is 28.3 Å². The molecule has 0 aliphatic rings. The number of benzene rings is 1. The Morgan fingerprint density at radius 1 is 1.25 bits per heavy atom. The molecule has 3 aromatic rings. The number of hydrogen-bond donors (Lipinski definition) is 2. The van der Waals surface area contributed by atoms with Crippen LogP contribution < -0.4 is 10.6 Å². The van der Waals surface area contributed by atoms with Gasteiger partial charge in [-0.15, -0.1) is 5.10 Å². The maximum absolute atomic E-state index is 11.8. The first kappa shape index (κ1) is 15.5. The predicted molar refractivity (Wildman–Crippen MR) is 86.9 cm³/mol. The summed E-state index contributed by atoms with van der Waals surface area (Å²) in [4.78, 5) is 16.1. The summed E-state index contributed by atoms with van der Waals surface area (Å²) in [5.74, 6) is 1.12. The van der Waals surface area contributed by atoms with Gasteiger partial charge in [-0.25, -0.2) is 4.79 Å². The Hall–Kier alpha value is -3.42. The third kappa shape index (κ3) is 3.67. The van der Waals surface area contributed by atoms with Crippen LogP contribution in [0.2, 0.25) is 0 Å². The molecule has 8 nitrogen and oxygen atoms in total. The second-order valence-electron chi connectivity index (χ2n) is 4.76. The average Bonchev–Trinajstić information content (AvgIpc) is 3.14. The summed E-state index contributed by atoms with van der Waals surface area (Å²) in [6.45, 7) is 0.476. The number of methoxy groups -OCH3 is 1. The van der Waals surface area contributed by atoms with E-state index in [2.05, 4.69) is 25.8 Å². The minimum absolute atomic E-state index is 0.260. The molecule has 0 spiro atoms. The van der Waals surface area contributed by atoms with Crippen molar-refractivity contribution in [1.82, 2.24) is 15.2 Å². The van der Waals surface area contributed by atoms with Crippen molar-refractivity contribution in [3.63, 3.8) is 0 Å². The van der Waals surface area contributed by atoms with Crippen LogP contribution in [0.5, 0.6) is 0 Å². The molecule has 24 heavy (non-hydrogen) atoms. The molecule has 2 N–H and O–H groups in total. The van der Waals surface area contributed by atoms with E-state index < -0.39 is 5.97 Å². The number of nitrogens with zero attached hydrogens (tertiary/aromatic N) is 3. The van der Waals surface area contributed by atoms with E-state index in [0.29, 0.717) is 23.6 Å². The van der Waals surface area contributed by atoms with E-state index in [1.165, 1.54) is 13.3 Å². The zero-order valence-electron chi connectivity index (χ0n) is 12.9. The number of hydrogen-bond acceptors (Lipinski definition) is 8. The fourth-order valence-electron chi connectivity index (χ4n) is 2.03. The van der Waals surface area contributed by atoms with E-state index in [-0.39, 0.29) is 5.95 Å². The van der Waals surface area contributed by atoms with E-state index in [1.54, 1.807) is 30.5 Å². The van der Waals surface area contributed by atoms with Gasteiger partial charge in [0.1, 0.15) is 5.76 Å². The molecule has 0 unspecified atom stereocenters. The number of carbonyl (C=O) groups excluding carboxylic acids is 1. The minimum Gasteiger partial charge on any atom is -0.467 e. The summed E-state index contributed by atoms with van der Waals surface area (Å²) in [7, 11) is 1.33. The highest BCUT2D eigenvalue weighted by Crippen LogP contribution is 2.19. The van der Waals surface area contributed by atoms with Gasteiger partial charge >= 0.3 is 5.97 Å². The molecule has 0 radical (unpaired) electrons. The number of esters is 1. The summed E-state index contributed by atoms with van der Waals surface area (Å²) >= 11 is 0. The van der Waals surface area contributed by atoms with Crippen molar-refractivity contribution in [2.75, 3.05) is 17.7 Å². The molecular formula is C16H15N5O3. The van der Waals surface area contributed by atoms with E-state index >= 15 is 0 Å². The van der Waals surface area contributed by atoms with Crippen molar-refractivity contribution in [2.45, 2.75) is 6.54 Å². The molecule has 0 fully saturated rings. The fourth-order valence-corrected chi connectivity index (χ4v) is 2.03. The Labute approximate surface area is 137 Å². The van der Waals surface area contributed by atoms with Crippen molar-refractivity contribution in [3.05, 3.63) is 60.2 Å². The Morgan fingerprint density at radius 2 is 2.12 bits per heavy atom. The Morgan fingerprint density at radius 3 is 2.92 bits per heavy atom. The van der Waals surface area contributed by atoms with Gasteiger partial charge in [0.05, 0.1) is 37.4 Å². The highest BCUT2D eigenvalue weighted by molar-refractivity contribution is 5.96. The number of rotatable bonds is 6. The molecule has 0 bridgehead atoms. The largest absolute Gasteiger partial charge is 0.467 e. The van der Waals surface area contributed by atoms with Crippen LogP contribution in [0, 0.1) is 0 Å². The van der Waals surface area contributed by atoms with Gasteiger partial charge in [-0.2, -0.15) is 10.1 Å². The SMILES string of the molecule is COC(=O)c1ccccc1Nc1nncc(NCc2ccco2)n1. The molecule has 0 atom stereocenters. The van der Waals surface area contributed by atoms with Crippen molar-refractivity contribution in [1.29, 1.82) is 0 Å². The summed E-state index contributed by atoms with van der Waals surface area (Å²) < 4.78 is 10.0. The number of furan rings is 1. The molecule has 2 heterocycles. The molecular weight excluding hydrogens is 310 g/mol. The molecule has 0 aliphatic heterocycles. The number of carbonyl (C=O) groups is 1. The van der Waals surface area contributed by atoms with E-state index in [1.807, 2.05) is 12.1 Å². The number of ether oxygens (including phenoxy) is 1. The predicted octanol–water partition coefficient (Wildman–Crippen LogP) is 2.61. The molecule has 0 amide bonds. The van der Waals surface area contributed by atoms with E-state index in [9.17, 15) is 4.79 Å². The normalized spacial score (nSPS) is 10.2. The van der Waals surface area contributed by atoms with Crippen molar-refractivity contribution in [3.8, 4) is 0 Å². The smallest absolute Gasteiger partial charge is 0.339 e. The first-order valence-electron chi connectivity index (χ1n) is 7.16. The van der Waals surface area contributed by atoms with Crippen LogP contribution in [0.1, 0.15) is 16.1 Å². The van der Waals surface area contributed by atoms with Gasteiger partial charge in [-0.1, -0.05) is 12.1 Å². The number of para-hydroxylation sites is 1. The van der Waals surface area contributed by atoms with Crippen molar-refractivity contribution in [2.24, 2.45) is 0 Å². The molecule has 1 aromatic carbocycles. The van der Waals surface area contributed by atoms with Gasteiger partial charge in [-0.3, -0.25) is 0 Å². The topological polar surface area (TPSA) is 102 Å². The molecule has 122 valence electrons. The van der Waals surface area contributed by atoms with Gasteiger partial charge in [0, 0.05) is 0 Å². The first-order chi connectivity index (χ1) is 11.8. The number of nitrogens with one attached hydrogen (secondary N) is 2. The molecule has 0 saturated heterocycles. The Bertz CT molecular complexity index is 820. The van der Waals surface area contributed by atoms with Gasteiger partial charge in [0.2, 0.25) is 5.95 Å². The fraction of sp³-hybridized carbons (Fsp3) is 0.125. The van der Waals surface area contributed by atoms with Crippen LogP contribution in [0.3, 0.4) is 0 Å². The van der Waals surface area contributed by atoms with Crippen LogP contribution >= 0.6 is 0 Å². The lowest BCUT2D eigenvalue weighted by molar-refractivity contribution is 0.0602. The van der Waals surface area contributed by atoms with Crippen molar-refractivity contribution < 1.29 is 13.9 Å². The van der Waals surface area contributed by atoms with Crippen LogP contribution in [0.15, 0.2) is 53.3 Å². The highest BCUT2D eigenvalue weighted by atomic mass is 16.5. The zero-order chi connectivity index (χ0) is 16.8. The second kappa shape index (κ2) is 7.23. The first-order valence-corrected chi connectivity index (χ1v) is 7.16. The Kier molecular flexibility index (Phi) is 4.66. The summed E-state index contributed by atoms with van der Waals surface area (Å²) in [6, 6.07) is 10.6. The lowest BCUT2D eigenvalue weighted by Gasteiger charge is -2.10. The second-order valence-corrected chi connectivity index (χ2v) is 4.76. The maximum atomic E-state index is 11.8. The van der Waals surface area contributed by atoms with Crippen LogP contribution in [0.25, 0.3) is 0 Å². The number of anilines is 3. The average molecular weight is 325 g/mol. The van der Waals surface area contributed by atoms with E-state index in [4.69, 9.17) is 9.15 Å². The standard InChI is InChI=1S/C16H15N5O3/c1-23-15(22)12-6-2-3-7-13(12)19-16-20-14(10-18-21-16)17-9-11-5-4-8-24-11/h2-8,10H,9H2,1H3,(H2,17,19,20,21). The Balaban J connectivity index is 1.74. The zero-order valence-corrected chi connectivity index (χ0v) is 12.9. The lowest BCUT2D eigenvalue weighted by Crippen LogP contribution is -2.08. The molecule has 8 heteroatoms. The van der Waals surface area contributed by atoms with Gasteiger partial charge in [-0.05, 0) is 24.3 Å². The molecule has 0 saturated carbocycles. The van der Waals surface area contributed by atoms with Crippen LogP contribution in [-0.2, 0) is 11.3 Å². The summed E-state index contributed by atoms with van der Waals surface area (Å²) in [6.07, 6.45) is 3.10. The highest BCUT2D eigenvalue weighted by Gasteiger charge is 2.12. The monoisotopic (exact) mass is 325 g/mol. The third-order valence-corrected chi connectivity index (χ3v) is 3.16. The molecule has 2 aromatic heterocycles. The minimum atomic E-state index is -0.446. The molecule has 3 rings (SSSR count). The van der Waals surface area contributed by atoms with Crippen LogP contribution in [0.4, 0.5) is 17.5 Å². The maximum Gasteiger partial charge on any atom is 0.339 e. The van der Waals surface area contributed by atoms with Crippen molar-refractivity contribution >= 4 is 23.4 Å². The molecule has 0 aliphatic carbocycles. The third-order valence-electron chi connectivity index (χ3n) is 3.16. The quantitative estimate of drug-likeness (QED) is 0.667.